The molecule has 0 fully saturated rings. The summed E-state index contributed by atoms with van der Waals surface area (Å²) in [4.78, 5) is 12.2. The first kappa shape index (κ1) is 17.5. The number of aliphatic hydroxyl groups excluding tert-OH is 1. The lowest BCUT2D eigenvalue weighted by Gasteiger charge is -2.17. The molecule has 108 valence electrons. The van der Waals surface area contributed by atoms with Crippen molar-refractivity contribution in [3.05, 3.63) is 4.91 Å². The van der Waals surface area contributed by atoms with Crippen molar-refractivity contribution in [3.63, 3.8) is 0 Å². The first-order valence-electron chi connectivity index (χ1n) is 7.36. The molecule has 4 heteroatoms. The van der Waals surface area contributed by atoms with Gasteiger partial charge in [0.1, 0.15) is 6.54 Å². The normalized spacial score (nSPS) is 12.9. The van der Waals surface area contributed by atoms with Crippen LogP contribution in [-0.2, 0) is 0 Å². The number of hydrogen-bond donors (Lipinski definition) is 1. The van der Waals surface area contributed by atoms with E-state index in [1.54, 1.807) is 0 Å². The fourth-order valence-corrected chi connectivity index (χ4v) is 2.05. The van der Waals surface area contributed by atoms with Gasteiger partial charge in [-0.1, -0.05) is 44.2 Å². The third-order valence-corrected chi connectivity index (χ3v) is 3.26. The molecule has 0 heterocycles. The molecule has 1 N–H and O–H groups in total. The molecule has 0 amide bonds. The second-order valence-electron chi connectivity index (χ2n) is 5.18. The van der Waals surface area contributed by atoms with E-state index in [1.807, 2.05) is 0 Å². The second-order valence-corrected chi connectivity index (χ2v) is 5.18. The Hall–Kier alpha value is -0.480. The van der Waals surface area contributed by atoms with E-state index >= 15 is 0 Å². The smallest absolute Gasteiger partial charge is 0.107 e. The number of nitroso groups, excluding NO2 is 1. The monoisotopic (exact) mass is 258 g/mol. The van der Waals surface area contributed by atoms with Crippen molar-refractivity contribution in [2.45, 2.75) is 64.4 Å². The van der Waals surface area contributed by atoms with Gasteiger partial charge in [0.05, 0.1) is 6.10 Å². The Morgan fingerprint density at radius 3 is 2.33 bits per heavy atom. The van der Waals surface area contributed by atoms with Gasteiger partial charge in [-0.2, -0.15) is 4.91 Å². The summed E-state index contributed by atoms with van der Waals surface area (Å²) in [6, 6.07) is 0. The Kier molecular flexibility index (Phi) is 12.6. The molecular weight excluding hydrogens is 228 g/mol. The third kappa shape index (κ3) is 12.0. The summed E-state index contributed by atoms with van der Waals surface area (Å²) in [5, 5.41) is 12.1. The highest BCUT2D eigenvalue weighted by Crippen LogP contribution is 2.06. The standard InChI is InChI=1S/C14H30N2O2/c1-3-4-5-6-7-8-11-16(2)12-9-10-14(17)13-15-18/h14,17H,3-13H2,1-2H3/t14-/m1/s1. The van der Waals surface area contributed by atoms with Crippen molar-refractivity contribution in [1.29, 1.82) is 0 Å². The highest BCUT2D eigenvalue weighted by molar-refractivity contribution is 4.60. The van der Waals surface area contributed by atoms with Gasteiger partial charge in [-0.15, -0.1) is 0 Å². The zero-order valence-corrected chi connectivity index (χ0v) is 12.1. The maximum atomic E-state index is 9.94. The Labute approximate surface area is 112 Å². The SMILES string of the molecule is CCCCCCCCN(C)CCC[C@@H](O)CN=O. The van der Waals surface area contributed by atoms with Crippen molar-refractivity contribution in [3.8, 4) is 0 Å². The predicted molar refractivity (Wildman–Crippen MR) is 76.8 cm³/mol. The van der Waals surface area contributed by atoms with Gasteiger partial charge in [-0.25, -0.2) is 0 Å². The van der Waals surface area contributed by atoms with E-state index in [4.69, 9.17) is 0 Å². The molecule has 0 unspecified atom stereocenters. The molecule has 0 rings (SSSR count). The maximum absolute atomic E-state index is 9.94. The molecule has 0 radical (unpaired) electrons. The molecule has 0 aliphatic heterocycles. The highest BCUT2D eigenvalue weighted by Gasteiger charge is 2.04. The van der Waals surface area contributed by atoms with Crippen LogP contribution in [0, 0.1) is 4.91 Å². The molecule has 0 aliphatic carbocycles. The number of rotatable bonds is 13. The zero-order chi connectivity index (χ0) is 13.6. The Morgan fingerprint density at radius 1 is 1.06 bits per heavy atom. The second kappa shape index (κ2) is 13.0. The van der Waals surface area contributed by atoms with Crippen molar-refractivity contribution < 1.29 is 5.11 Å². The minimum atomic E-state index is -0.551. The first-order valence-corrected chi connectivity index (χ1v) is 7.36. The summed E-state index contributed by atoms with van der Waals surface area (Å²) in [5.41, 5.74) is 0. The van der Waals surface area contributed by atoms with E-state index in [-0.39, 0.29) is 6.54 Å². The van der Waals surface area contributed by atoms with Gasteiger partial charge >= 0.3 is 0 Å². The Bertz CT molecular complexity index is 189. The molecule has 18 heavy (non-hydrogen) atoms. The van der Waals surface area contributed by atoms with Crippen molar-refractivity contribution in [2.24, 2.45) is 5.18 Å². The lowest BCUT2D eigenvalue weighted by molar-refractivity contribution is 0.163. The molecule has 0 aromatic rings. The van der Waals surface area contributed by atoms with Gasteiger partial charge in [-0.05, 0) is 39.4 Å². The summed E-state index contributed by atoms with van der Waals surface area (Å²) in [6.07, 6.45) is 9.02. The fourth-order valence-electron chi connectivity index (χ4n) is 2.05. The van der Waals surface area contributed by atoms with Crippen LogP contribution in [-0.4, -0.2) is 42.8 Å². The molecule has 0 bridgehead atoms. The summed E-state index contributed by atoms with van der Waals surface area (Å²) < 4.78 is 0. The summed E-state index contributed by atoms with van der Waals surface area (Å²) in [6.45, 7) is 4.39. The Balaban J connectivity index is 3.26. The first-order chi connectivity index (χ1) is 8.70. The van der Waals surface area contributed by atoms with Crippen molar-refractivity contribution >= 4 is 0 Å². The van der Waals surface area contributed by atoms with Crippen LogP contribution in [0.5, 0.6) is 0 Å². The van der Waals surface area contributed by atoms with Gasteiger partial charge in [0.2, 0.25) is 0 Å². The van der Waals surface area contributed by atoms with E-state index in [0.29, 0.717) is 6.42 Å². The number of aliphatic hydroxyl groups is 1. The van der Waals surface area contributed by atoms with E-state index in [2.05, 4.69) is 24.0 Å². The molecule has 1 atom stereocenters. The lowest BCUT2D eigenvalue weighted by Crippen LogP contribution is -2.22. The van der Waals surface area contributed by atoms with Crippen LogP contribution in [0.4, 0.5) is 0 Å². The number of unbranched alkanes of at least 4 members (excludes halogenated alkanes) is 5. The minimum absolute atomic E-state index is 0.0289. The predicted octanol–water partition coefficient (Wildman–Crippen LogP) is 3.19. The number of hydrogen-bond acceptors (Lipinski definition) is 4. The fraction of sp³-hybridized carbons (Fsp3) is 1.00. The van der Waals surface area contributed by atoms with Crippen LogP contribution >= 0.6 is 0 Å². The van der Waals surface area contributed by atoms with Crippen LogP contribution in [0.25, 0.3) is 0 Å². The average molecular weight is 258 g/mol. The largest absolute Gasteiger partial charge is 0.391 e. The highest BCUT2D eigenvalue weighted by atomic mass is 16.3. The average Bonchev–Trinajstić information content (AvgIpc) is 2.34. The molecule has 0 aliphatic rings. The molecule has 4 nitrogen and oxygen atoms in total. The quantitative estimate of drug-likeness (QED) is 0.408. The molecule has 0 aromatic heterocycles. The van der Waals surface area contributed by atoms with E-state index in [9.17, 15) is 10.0 Å². The summed E-state index contributed by atoms with van der Waals surface area (Å²) in [5.74, 6) is 0. The maximum Gasteiger partial charge on any atom is 0.107 e. The van der Waals surface area contributed by atoms with Gasteiger partial charge in [0.15, 0.2) is 0 Å². The molecular formula is C14H30N2O2. The van der Waals surface area contributed by atoms with Gasteiger partial charge in [-0.3, -0.25) is 0 Å². The lowest BCUT2D eigenvalue weighted by atomic mass is 10.1. The Morgan fingerprint density at radius 2 is 1.67 bits per heavy atom. The molecule has 0 saturated carbocycles. The van der Waals surface area contributed by atoms with Crippen molar-refractivity contribution in [1.82, 2.24) is 4.90 Å². The zero-order valence-electron chi connectivity index (χ0n) is 12.1. The van der Waals surface area contributed by atoms with Gasteiger partial charge in [0.25, 0.3) is 0 Å². The third-order valence-electron chi connectivity index (χ3n) is 3.26. The van der Waals surface area contributed by atoms with Crippen LogP contribution in [0.2, 0.25) is 0 Å². The van der Waals surface area contributed by atoms with E-state index in [1.165, 1.54) is 38.5 Å². The summed E-state index contributed by atoms with van der Waals surface area (Å²) in [7, 11) is 2.12. The van der Waals surface area contributed by atoms with Gasteiger partial charge in [0, 0.05) is 0 Å². The van der Waals surface area contributed by atoms with E-state index < -0.39 is 6.10 Å². The van der Waals surface area contributed by atoms with Crippen LogP contribution in [0.3, 0.4) is 0 Å². The molecule has 0 aromatic carbocycles. The van der Waals surface area contributed by atoms with Crippen LogP contribution < -0.4 is 0 Å². The molecule has 0 saturated heterocycles. The van der Waals surface area contributed by atoms with Crippen LogP contribution in [0.1, 0.15) is 58.3 Å². The molecule has 0 spiro atoms. The topological polar surface area (TPSA) is 52.9 Å². The van der Waals surface area contributed by atoms with E-state index in [0.717, 1.165) is 19.5 Å². The van der Waals surface area contributed by atoms with Crippen molar-refractivity contribution in [2.75, 3.05) is 26.7 Å². The summed E-state index contributed by atoms with van der Waals surface area (Å²) >= 11 is 0. The number of nitrogens with zero attached hydrogens (tertiary/aromatic N) is 2. The minimum Gasteiger partial charge on any atom is -0.391 e. The van der Waals surface area contributed by atoms with Crippen LogP contribution in [0.15, 0.2) is 5.18 Å². The van der Waals surface area contributed by atoms with Gasteiger partial charge < -0.3 is 10.0 Å².